The monoisotopic (exact) mass is 321 g/mol. The summed E-state index contributed by atoms with van der Waals surface area (Å²) in [7, 11) is 1.80. The quantitative estimate of drug-likeness (QED) is 0.798. The second kappa shape index (κ2) is 5.67. The summed E-state index contributed by atoms with van der Waals surface area (Å²) in [6.07, 6.45) is 2.85. The molecule has 5 nitrogen and oxygen atoms in total. The molecule has 0 aliphatic heterocycles. The van der Waals surface area contributed by atoms with Crippen LogP contribution in [0.15, 0.2) is 47.1 Å². The van der Waals surface area contributed by atoms with Crippen LogP contribution in [-0.4, -0.2) is 22.6 Å². The maximum absolute atomic E-state index is 12.7. The van der Waals surface area contributed by atoms with Crippen LogP contribution in [0.4, 0.5) is 5.82 Å². The average molecular weight is 321 g/mol. The van der Waals surface area contributed by atoms with Gasteiger partial charge in [0.1, 0.15) is 5.76 Å². The third kappa shape index (κ3) is 2.33. The van der Waals surface area contributed by atoms with Gasteiger partial charge in [0.15, 0.2) is 11.6 Å². The summed E-state index contributed by atoms with van der Waals surface area (Å²) in [5.41, 5.74) is 3.79. The van der Waals surface area contributed by atoms with E-state index in [2.05, 4.69) is 29.5 Å². The highest BCUT2D eigenvalue weighted by atomic mass is 16.3. The van der Waals surface area contributed by atoms with E-state index in [4.69, 9.17) is 4.42 Å². The predicted molar refractivity (Wildman–Crippen MR) is 91.9 cm³/mol. The lowest BCUT2D eigenvalue weighted by Gasteiger charge is -2.21. The van der Waals surface area contributed by atoms with E-state index in [0.29, 0.717) is 17.8 Å². The van der Waals surface area contributed by atoms with Crippen molar-refractivity contribution < 1.29 is 9.21 Å². The van der Waals surface area contributed by atoms with Gasteiger partial charge >= 0.3 is 0 Å². The molecule has 2 aromatic heterocycles. The standard InChI is InChI=1S/C19H19N3O2/c1-12-5-3-6-14(9-12)22-15-10-13(17-7-4-8-24-17)11-16(23)18(15)19(20-2)21-22/h3-9,13H,10-11H2,1-2H3,(H,20,21)/t13-/m0/s1. The van der Waals surface area contributed by atoms with Crippen LogP contribution in [0.5, 0.6) is 0 Å². The van der Waals surface area contributed by atoms with Crippen LogP contribution in [0.3, 0.4) is 0 Å². The van der Waals surface area contributed by atoms with Crippen LogP contribution in [-0.2, 0) is 6.42 Å². The summed E-state index contributed by atoms with van der Waals surface area (Å²) in [5, 5.41) is 7.71. The fourth-order valence-electron chi connectivity index (χ4n) is 3.44. The number of ketones is 1. The highest BCUT2D eigenvalue weighted by Crippen LogP contribution is 2.37. The van der Waals surface area contributed by atoms with Crippen molar-refractivity contribution in [3.05, 3.63) is 65.2 Å². The molecule has 4 rings (SSSR count). The lowest BCUT2D eigenvalue weighted by Crippen LogP contribution is -2.20. The number of fused-ring (bicyclic) bond motifs is 1. The maximum Gasteiger partial charge on any atom is 0.169 e. The molecule has 0 saturated carbocycles. The van der Waals surface area contributed by atoms with Crippen LogP contribution < -0.4 is 5.32 Å². The lowest BCUT2D eigenvalue weighted by molar-refractivity contribution is 0.0960. The minimum atomic E-state index is 0.0602. The first-order valence-corrected chi connectivity index (χ1v) is 8.10. The van der Waals surface area contributed by atoms with Crippen molar-refractivity contribution in [3.8, 4) is 5.69 Å². The van der Waals surface area contributed by atoms with Crippen molar-refractivity contribution in [3.63, 3.8) is 0 Å². The van der Waals surface area contributed by atoms with Gasteiger partial charge in [-0.2, -0.15) is 0 Å². The van der Waals surface area contributed by atoms with Crippen LogP contribution in [0.25, 0.3) is 5.69 Å². The number of benzene rings is 1. The summed E-state index contributed by atoms with van der Waals surface area (Å²) in [4.78, 5) is 12.7. The summed E-state index contributed by atoms with van der Waals surface area (Å²) in [6.45, 7) is 2.05. The first kappa shape index (κ1) is 14.8. The number of Topliss-reactive ketones (excluding diaryl/α,β-unsaturated/α-hetero) is 1. The molecule has 3 aromatic rings. The van der Waals surface area contributed by atoms with Crippen molar-refractivity contribution in [2.45, 2.75) is 25.7 Å². The molecule has 5 heteroatoms. The average Bonchev–Trinajstić information content (AvgIpc) is 3.22. The summed E-state index contributed by atoms with van der Waals surface area (Å²) >= 11 is 0. The molecule has 0 unspecified atom stereocenters. The second-order valence-electron chi connectivity index (χ2n) is 6.21. The van der Waals surface area contributed by atoms with Gasteiger partial charge in [0, 0.05) is 25.8 Å². The van der Waals surface area contributed by atoms with Crippen LogP contribution in [0.1, 0.15) is 39.7 Å². The van der Waals surface area contributed by atoms with Crippen LogP contribution >= 0.6 is 0 Å². The zero-order valence-electron chi connectivity index (χ0n) is 13.7. The number of aryl methyl sites for hydroxylation is 1. The van der Waals surface area contributed by atoms with Gasteiger partial charge in [0.25, 0.3) is 0 Å². The Balaban J connectivity index is 1.85. The molecule has 0 spiro atoms. The van der Waals surface area contributed by atoms with Crippen molar-refractivity contribution in [1.29, 1.82) is 0 Å². The maximum atomic E-state index is 12.7. The highest BCUT2D eigenvalue weighted by molar-refractivity contribution is 6.03. The van der Waals surface area contributed by atoms with Crippen molar-refractivity contribution in [2.75, 3.05) is 12.4 Å². The lowest BCUT2D eigenvalue weighted by atomic mass is 9.85. The van der Waals surface area contributed by atoms with Gasteiger partial charge in [0.05, 0.1) is 23.2 Å². The Bertz CT molecular complexity index is 893. The SMILES string of the molecule is CNc1nn(-c2cccc(C)c2)c2c1C(=O)C[C@@H](c1ccco1)C2. The van der Waals surface area contributed by atoms with E-state index < -0.39 is 0 Å². The molecule has 1 aliphatic rings. The third-order valence-electron chi connectivity index (χ3n) is 4.56. The second-order valence-corrected chi connectivity index (χ2v) is 6.21. The normalized spacial score (nSPS) is 16.9. The van der Waals surface area contributed by atoms with Crippen molar-refractivity contribution >= 4 is 11.6 Å². The molecule has 1 N–H and O–H groups in total. The fourth-order valence-corrected chi connectivity index (χ4v) is 3.44. The van der Waals surface area contributed by atoms with Crippen LogP contribution in [0, 0.1) is 6.92 Å². The number of rotatable bonds is 3. The zero-order valence-corrected chi connectivity index (χ0v) is 13.7. The first-order valence-electron chi connectivity index (χ1n) is 8.10. The van der Waals surface area contributed by atoms with Gasteiger partial charge < -0.3 is 9.73 Å². The van der Waals surface area contributed by atoms with Gasteiger partial charge in [-0.3, -0.25) is 4.79 Å². The van der Waals surface area contributed by atoms with E-state index in [1.807, 2.05) is 28.9 Å². The highest BCUT2D eigenvalue weighted by Gasteiger charge is 2.34. The number of carbonyl (C=O) groups excluding carboxylic acids is 1. The molecular weight excluding hydrogens is 302 g/mol. The Hall–Kier alpha value is -2.82. The summed E-state index contributed by atoms with van der Waals surface area (Å²) < 4.78 is 7.43. The van der Waals surface area contributed by atoms with E-state index >= 15 is 0 Å². The van der Waals surface area contributed by atoms with Gasteiger partial charge in [-0.15, -0.1) is 5.10 Å². The Morgan fingerprint density at radius 3 is 2.83 bits per heavy atom. The number of anilines is 1. The Morgan fingerprint density at radius 1 is 1.25 bits per heavy atom. The third-order valence-corrected chi connectivity index (χ3v) is 4.56. The predicted octanol–water partition coefficient (Wildman–Crippen LogP) is 3.73. The number of hydrogen-bond donors (Lipinski definition) is 1. The van der Waals surface area contributed by atoms with Gasteiger partial charge in [-0.05, 0) is 36.8 Å². The number of furan rings is 1. The molecular formula is C19H19N3O2. The van der Waals surface area contributed by atoms with Crippen molar-refractivity contribution in [1.82, 2.24) is 9.78 Å². The number of hydrogen-bond acceptors (Lipinski definition) is 4. The molecule has 1 aliphatic carbocycles. The molecule has 0 amide bonds. The van der Waals surface area contributed by atoms with E-state index in [1.54, 1.807) is 13.3 Å². The number of carbonyl (C=O) groups is 1. The Kier molecular flexibility index (Phi) is 3.49. The molecule has 122 valence electrons. The van der Waals surface area contributed by atoms with E-state index in [-0.39, 0.29) is 11.7 Å². The van der Waals surface area contributed by atoms with Crippen molar-refractivity contribution in [2.24, 2.45) is 0 Å². The van der Waals surface area contributed by atoms with Gasteiger partial charge in [0.2, 0.25) is 0 Å². The minimum absolute atomic E-state index is 0.0602. The van der Waals surface area contributed by atoms with E-state index in [9.17, 15) is 4.79 Å². The topological polar surface area (TPSA) is 60.1 Å². The Morgan fingerprint density at radius 2 is 2.12 bits per heavy atom. The van der Waals surface area contributed by atoms with Gasteiger partial charge in [-0.25, -0.2) is 4.68 Å². The van der Waals surface area contributed by atoms with E-state index in [1.165, 1.54) is 0 Å². The molecule has 2 heterocycles. The number of nitrogens with zero attached hydrogens (tertiary/aromatic N) is 2. The summed E-state index contributed by atoms with van der Waals surface area (Å²) in [6, 6.07) is 12.0. The first-order chi connectivity index (χ1) is 11.7. The molecule has 24 heavy (non-hydrogen) atoms. The smallest absolute Gasteiger partial charge is 0.169 e. The number of nitrogens with one attached hydrogen (secondary N) is 1. The fraction of sp³-hybridized carbons (Fsp3) is 0.263. The molecule has 0 fully saturated rings. The molecule has 0 bridgehead atoms. The van der Waals surface area contributed by atoms with Crippen LogP contribution in [0.2, 0.25) is 0 Å². The molecule has 1 atom stereocenters. The Labute approximate surface area is 140 Å². The molecule has 0 saturated heterocycles. The summed E-state index contributed by atoms with van der Waals surface area (Å²) in [5.74, 6) is 1.68. The molecule has 1 aromatic carbocycles. The zero-order chi connectivity index (χ0) is 16.7. The van der Waals surface area contributed by atoms with Gasteiger partial charge in [-0.1, -0.05) is 12.1 Å². The van der Waals surface area contributed by atoms with E-state index in [0.717, 1.165) is 29.1 Å². The molecule has 0 radical (unpaired) electrons. The largest absolute Gasteiger partial charge is 0.469 e. The number of aromatic nitrogens is 2. The minimum Gasteiger partial charge on any atom is -0.469 e.